The highest BCUT2D eigenvalue weighted by molar-refractivity contribution is 6.09. The molecule has 28 heavy (non-hydrogen) atoms. The molecular formula is C24H21NO3. The van der Waals surface area contributed by atoms with Gasteiger partial charge in [0.15, 0.2) is 5.78 Å². The van der Waals surface area contributed by atoms with E-state index in [1.165, 1.54) is 0 Å². The number of benzene rings is 3. The van der Waals surface area contributed by atoms with E-state index < -0.39 is 0 Å². The summed E-state index contributed by atoms with van der Waals surface area (Å²) in [6, 6.07) is 20.3. The number of hydrogen-bond acceptors (Lipinski definition) is 3. The monoisotopic (exact) mass is 371 g/mol. The first-order chi connectivity index (χ1) is 13.7. The van der Waals surface area contributed by atoms with Crippen LogP contribution in [-0.2, 0) is 0 Å². The van der Waals surface area contributed by atoms with Crippen molar-refractivity contribution in [2.45, 2.75) is 12.8 Å². The van der Waals surface area contributed by atoms with Gasteiger partial charge in [-0.2, -0.15) is 0 Å². The first-order valence-electron chi connectivity index (χ1n) is 9.54. The molecule has 0 aliphatic carbocycles. The third-order valence-electron chi connectivity index (χ3n) is 5.43. The Morgan fingerprint density at radius 3 is 2.46 bits per heavy atom. The second-order valence-electron chi connectivity index (χ2n) is 7.22. The van der Waals surface area contributed by atoms with Gasteiger partial charge in [-0.15, -0.1) is 0 Å². The number of aldehydes is 1. The van der Waals surface area contributed by atoms with E-state index in [9.17, 15) is 14.4 Å². The first-order valence-corrected chi connectivity index (χ1v) is 9.54. The van der Waals surface area contributed by atoms with Crippen LogP contribution in [0, 0.1) is 5.92 Å². The average Bonchev–Trinajstić information content (AvgIpc) is 2.78. The fraction of sp³-hybridized carbons (Fsp3) is 0.208. The minimum absolute atomic E-state index is 0.0899. The molecule has 4 rings (SSSR count). The highest BCUT2D eigenvalue weighted by Crippen LogP contribution is 2.26. The van der Waals surface area contributed by atoms with Gasteiger partial charge >= 0.3 is 0 Å². The molecule has 0 spiro atoms. The fourth-order valence-corrected chi connectivity index (χ4v) is 3.92. The predicted molar refractivity (Wildman–Crippen MR) is 109 cm³/mol. The van der Waals surface area contributed by atoms with Crippen molar-refractivity contribution >= 4 is 28.7 Å². The van der Waals surface area contributed by atoms with Crippen molar-refractivity contribution in [3.8, 4) is 0 Å². The Morgan fingerprint density at radius 2 is 1.68 bits per heavy atom. The van der Waals surface area contributed by atoms with Gasteiger partial charge in [-0.25, -0.2) is 0 Å². The summed E-state index contributed by atoms with van der Waals surface area (Å²) in [6.45, 7) is 1.07. The number of carbonyl (C=O) groups excluding carboxylic acids is 3. The van der Waals surface area contributed by atoms with E-state index >= 15 is 0 Å². The van der Waals surface area contributed by atoms with Crippen molar-refractivity contribution in [2.75, 3.05) is 13.1 Å². The lowest BCUT2D eigenvalue weighted by molar-refractivity contribution is 0.0637. The smallest absolute Gasteiger partial charge is 0.253 e. The van der Waals surface area contributed by atoms with Crippen molar-refractivity contribution in [2.24, 2.45) is 5.92 Å². The minimum atomic E-state index is -0.197. The van der Waals surface area contributed by atoms with Gasteiger partial charge in [0.25, 0.3) is 5.91 Å². The molecular weight excluding hydrogens is 350 g/mol. The lowest BCUT2D eigenvalue weighted by Crippen LogP contribution is -2.42. The summed E-state index contributed by atoms with van der Waals surface area (Å²) in [5.41, 5.74) is 1.82. The summed E-state index contributed by atoms with van der Waals surface area (Å²) in [6.07, 6.45) is 2.35. The third kappa shape index (κ3) is 3.46. The van der Waals surface area contributed by atoms with Gasteiger partial charge in [-0.3, -0.25) is 14.4 Å². The Bertz CT molecular complexity index is 1030. The first kappa shape index (κ1) is 18.1. The van der Waals surface area contributed by atoms with Crippen molar-refractivity contribution in [1.29, 1.82) is 0 Å². The number of likely N-dealkylation sites (tertiary alicyclic amines) is 1. The Morgan fingerprint density at radius 1 is 0.929 bits per heavy atom. The highest BCUT2D eigenvalue weighted by Gasteiger charge is 2.30. The molecule has 1 aliphatic heterocycles. The van der Waals surface area contributed by atoms with Gasteiger partial charge in [0, 0.05) is 35.7 Å². The van der Waals surface area contributed by atoms with E-state index in [1.54, 1.807) is 29.2 Å². The zero-order valence-electron chi connectivity index (χ0n) is 15.5. The lowest BCUT2D eigenvalue weighted by atomic mass is 9.87. The molecule has 140 valence electrons. The number of carbonyl (C=O) groups is 3. The van der Waals surface area contributed by atoms with Crippen LogP contribution in [0.3, 0.4) is 0 Å². The molecule has 0 aromatic heterocycles. The van der Waals surface area contributed by atoms with Gasteiger partial charge < -0.3 is 4.90 Å². The van der Waals surface area contributed by atoms with E-state index in [0.29, 0.717) is 24.2 Å². The zero-order chi connectivity index (χ0) is 19.5. The van der Waals surface area contributed by atoms with Crippen molar-refractivity contribution < 1.29 is 14.4 Å². The number of fused-ring (bicyclic) bond motifs is 1. The molecule has 3 aromatic rings. The number of amides is 1. The third-order valence-corrected chi connectivity index (χ3v) is 5.43. The molecule has 1 amide bonds. The maximum Gasteiger partial charge on any atom is 0.253 e. The van der Waals surface area contributed by atoms with Gasteiger partial charge in [0.2, 0.25) is 0 Å². The summed E-state index contributed by atoms with van der Waals surface area (Å²) in [5.74, 6) is -0.184. The Labute approximate surface area is 163 Å². The van der Waals surface area contributed by atoms with Crippen LogP contribution in [0.15, 0.2) is 66.7 Å². The average molecular weight is 371 g/mol. The van der Waals surface area contributed by atoms with E-state index in [1.807, 2.05) is 42.5 Å². The topological polar surface area (TPSA) is 54.5 Å². The van der Waals surface area contributed by atoms with Gasteiger partial charge in [0.1, 0.15) is 6.29 Å². The van der Waals surface area contributed by atoms with Crippen LogP contribution >= 0.6 is 0 Å². The minimum Gasteiger partial charge on any atom is -0.338 e. The van der Waals surface area contributed by atoms with Crippen molar-refractivity contribution in [3.63, 3.8) is 0 Å². The Kier molecular flexibility index (Phi) is 5.02. The van der Waals surface area contributed by atoms with E-state index in [2.05, 4.69) is 0 Å². The Balaban J connectivity index is 1.55. The summed E-state index contributed by atoms with van der Waals surface area (Å²) in [7, 11) is 0. The SMILES string of the molecule is O=Cc1ccc(C(=O)N2CCCC(C(=O)c3cccc4ccccc34)C2)cc1. The molecule has 4 heteroatoms. The predicted octanol–water partition coefficient (Wildman–Crippen LogP) is 4.39. The molecule has 1 heterocycles. The standard InChI is InChI=1S/C24H21NO3/c26-16-17-10-12-19(13-11-17)24(28)25-14-4-7-20(15-25)23(27)22-9-3-6-18-5-1-2-8-21(18)22/h1-3,5-6,8-13,16,20H,4,7,14-15H2. The fourth-order valence-electron chi connectivity index (χ4n) is 3.92. The van der Waals surface area contributed by atoms with Crippen LogP contribution in [0.5, 0.6) is 0 Å². The number of Topliss-reactive ketones (excluding diaryl/α,β-unsaturated/α-hetero) is 1. The maximum atomic E-state index is 13.2. The second-order valence-corrected chi connectivity index (χ2v) is 7.22. The number of piperidine rings is 1. The highest BCUT2D eigenvalue weighted by atomic mass is 16.2. The summed E-state index contributed by atoms with van der Waals surface area (Å²) in [4.78, 5) is 38.6. The summed E-state index contributed by atoms with van der Waals surface area (Å²) >= 11 is 0. The maximum absolute atomic E-state index is 13.2. The molecule has 1 atom stereocenters. The molecule has 0 bridgehead atoms. The second kappa shape index (κ2) is 7.77. The normalized spacial score (nSPS) is 16.7. The van der Waals surface area contributed by atoms with Gasteiger partial charge in [-0.05, 0) is 35.7 Å². The number of ketones is 1. The number of nitrogens with zero attached hydrogens (tertiary/aromatic N) is 1. The number of rotatable bonds is 4. The number of hydrogen-bond donors (Lipinski definition) is 0. The van der Waals surface area contributed by atoms with Crippen LogP contribution < -0.4 is 0 Å². The van der Waals surface area contributed by atoms with Crippen LogP contribution in [0.4, 0.5) is 0 Å². The Hall–Kier alpha value is -3.27. The molecule has 0 N–H and O–H groups in total. The molecule has 1 fully saturated rings. The largest absolute Gasteiger partial charge is 0.338 e. The van der Waals surface area contributed by atoms with E-state index in [0.717, 1.165) is 35.5 Å². The van der Waals surface area contributed by atoms with Gasteiger partial charge in [0.05, 0.1) is 0 Å². The zero-order valence-corrected chi connectivity index (χ0v) is 15.5. The molecule has 1 aliphatic rings. The summed E-state index contributed by atoms with van der Waals surface area (Å²) in [5, 5.41) is 2.01. The van der Waals surface area contributed by atoms with E-state index in [4.69, 9.17) is 0 Å². The quantitative estimate of drug-likeness (QED) is 0.505. The van der Waals surface area contributed by atoms with Crippen molar-refractivity contribution in [1.82, 2.24) is 4.90 Å². The van der Waals surface area contributed by atoms with Crippen LogP contribution in [0.25, 0.3) is 10.8 Å². The van der Waals surface area contributed by atoms with Crippen LogP contribution in [-0.4, -0.2) is 36.0 Å². The molecule has 3 aromatic carbocycles. The molecule has 0 saturated carbocycles. The molecule has 1 unspecified atom stereocenters. The van der Waals surface area contributed by atoms with Crippen molar-refractivity contribution in [3.05, 3.63) is 83.4 Å². The lowest BCUT2D eigenvalue weighted by Gasteiger charge is -2.32. The summed E-state index contributed by atoms with van der Waals surface area (Å²) < 4.78 is 0. The molecule has 1 saturated heterocycles. The molecule has 0 radical (unpaired) electrons. The molecule has 4 nitrogen and oxygen atoms in total. The van der Waals surface area contributed by atoms with Crippen LogP contribution in [0.2, 0.25) is 0 Å². The van der Waals surface area contributed by atoms with E-state index in [-0.39, 0.29) is 17.6 Å². The van der Waals surface area contributed by atoms with Crippen LogP contribution in [0.1, 0.15) is 43.9 Å². The van der Waals surface area contributed by atoms with Gasteiger partial charge in [-0.1, -0.05) is 54.6 Å².